The lowest BCUT2D eigenvalue weighted by molar-refractivity contribution is -0.116. The summed E-state index contributed by atoms with van der Waals surface area (Å²) >= 11 is 0. The van der Waals surface area contributed by atoms with Gasteiger partial charge in [-0.2, -0.15) is 0 Å². The summed E-state index contributed by atoms with van der Waals surface area (Å²) in [6, 6.07) is 9.59. The molecule has 0 atom stereocenters. The zero-order valence-electron chi connectivity index (χ0n) is 14.6. The van der Waals surface area contributed by atoms with Gasteiger partial charge >= 0.3 is 0 Å². The molecule has 26 heavy (non-hydrogen) atoms. The number of hydrogen-bond donors (Lipinski definition) is 2. The largest absolute Gasteiger partial charge is 0.490 e. The second-order valence-corrected chi connectivity index (χ2v) is 6.23. The number of pyridine rings is 1. The number of imidazole rings is 1. The van der Waals surface area contributed by atoms with Crippen molar-refractivity contribution in [3.8, 4) is 28.3 Å². The Balaban J connectivity index is 1.85. The van der Waals surface area contributed by atoms with E-state index in [1.54, 1.807) is 18.0 Å². The summed E-state index contributed by atoms with van der Waals surface area (Å²) in [5.41, 5.74) is 10.9. The van der Waals surface area contributed by atoms with Gasteiger partial charge in [-0.3, -0.25) is 9.78 Å². The first kappa shape index (κ1) is 16.1. The lowest BCUT2D eigenvalue weighted by Gasteiger charge is -2.29. The Hall–Kier alpha value is -3.35. The van der Waals surface area contributed by atoms with Crippen LogP contribution in [0.1, 0.15) is 12.6 Å². The van der Waals surface area contributed by atoms with Crippen LogP contribution in [0.3, 0.4) is 0 Å². The maximum atomic E-state index is 12.0. The lowest BCUT2D eigenvalue weighted by atomic mass is 10.0. The molecule has 0 unspecified atom stereocenters. The van der Waals surface area contributed by atoms with Crippen LogP contribution in [0.25, 0.3) is 22.5 Å². The van der Waals surface area contributed by atoms with Crippen molar-refractivity contribution in [2.24, 2.45) is 0 Å². The van der Waals surface area contributed by atoms with Crippen molar-refractivity contribution in [2.45, 2.75) is 13.8 Å². The van der Waals surface area contributed by atoms with E-state index >= 15 is 0 Å². The topological polar surface area (TPSA) is 97.1 Å². The number of amides is 1. The summed E-state index contributed by atoms with van der Waals surface area (Å²) < 4.78 is 5.68. The zero-order valence-corrected chi connectivity index (χ0v) is 14.6. The van der Waals surface area contributed by atoms with Gasteiger partial charge in [0.05, 0.1) is 23.6 Å². The van der Waals surface area contributed by atoms with E-state index in [-0.39, 0.29) is 5.91 Å². The molecule has 1 aliphatic rings. The van der Waals surface area contributed by atoms with Crippen molar-refractivity contribution < 1.29 is 9.53 Å². The van der Waals surface area contributed by atoms with Crippen molar-refractivity contribution >= 4 is 17.5 Å². The molecule has 0 bridgehead atoms. The van der Waals surface area contributed by atoms with Crippen molar-refractivity contribution in [2.75, 3.05) is 23.8 Å². The molecule has 7 heteroatoms. The molecule has 7 nitrogen and oxygen atoms in total. The van der Waals surface area contributed by atoms with E-state index in [0.29, 0.717) is 24.8 Å². The molecule has 2 aromatic heterocycles. The van der Waals surface area contributed by atoms with E-state index in [1.165, 1.54) is 0 Å². The Morgan fingerprint density at radius 3 is 2.88 bits per heavy atom. The van der Waals surface area contributed by atoms with Crippen LogP contribution in [0.15, 0.2) is 36.5 Å². The van der Waals surface area contributed by atoms with Crippen LogP contribution in [0.5, 0.6) is 5.75 Å². The number of fused-ring (bicyclic) bond motifs is 1. The fourth-order valence-electron chi connectivity index (χ4n) is 3.20. The molecule has 3 aromatic rings. The lowest BCUT2D eigenvalue weighted by Crippen LogP contribution is -2.36. The SMILES string of the molecule is CC(=O)N1CCOc2ccc(-c3nc(N)[nH]c3-c3ccnc(C)c3)cc21. The predicted molar refractivity (Wildman–Crippen MR) is 99.9 cm³/mol. The Morgan fingerprint density at radius 1 is 1.27 bits per heavy atom. The number of hydrogen-bond acceptors (Lipinski definition) is 5. The predicted octanol–water partition coefficient (Wildman–Crippen LogP) is 2.77. The molecule has 0 radical (unpaired) electrons. The number of ether oxygens (including phenoxy) is 1. The number of aryl methyl sites for hydroxylation is 1. The summed E-state index contributed by atoms with van der Waals surface area (Å²) in [5, 5.41) is 0. The van der Waals surface area contributed by atoms with E-state index in [1.807, 2.05) is 37.3 Å². The van der Waals surface area contributed by atoms with E-state index in [4.69, 9.17) is 10.5 Å². The maximum Gasteiger partial charge on any atom is 0.224 e. The molecule has 3 N–H and O–H groups in total. The number of aromatic amines is 1. The summed E-state index contributed by atoms with van der Waals surface area (Å²) in [7, 11) is 0. The Kier molecular flexibility index (Phi) is 3.84. The Labute approximate surface area is 150 Å². The highest BCUT2D eigenvalue weighted by Crippen LogP contribution is 2.38. The molecule has 0 saturated heterocycles. The first-order valence-corrected chi connectivity index (χ1v) is 8.37. The first-order valence-electron chi connectivity index (χ1n) is 8.37. The number of aromatic nitrogens is 3. The van der Waals surface area contributed by atoms with Gasteiger partial charge in [0.15, 0.2) is 5.95 Å². The molecule has 0 saturated carbocycles. The highest BCUT2D eigenvalue weighted by molar-refractivity contribution is 5.95. The number of rotatable bonds is 2. The normalized spacial score (nSPS) is 13.2. The molecule has 0 spiro atoms. The molecule has 0 aliphatic carbocycles. The van der Waals surface area contributed by atoms with Gasteiger partial charge < -0.3 is 20.4 Å². The van der Waals surface area contributed by atoms with Crippen molar-refractivity contribution in [3.05, 3.63) is 42.2 Å². The van der Waals surface area contributed by atoms with Crippen LogP contribution in [0.4, 0.5) is 11.6 Å². The quantitative estimate of drug-likeness (QED) is 0.741. The van der Waals surface area contributed by atoms with Gasteiger partial charge in [-0.05, 0) is 37.3 Å². The minimum absolute atomic E-state index is 0.0155. The highest BCUT2D eigenvalue weighted by Gasteiger charge is 2.23. The second kappa shape index (κ2) is 6.18. The third-order valence-corrected chi connectivity index (χ3v) is 4.38. The number of nitrogens with zero attached hydrogens (tertiary/aromatic N) is 3. The van der Waals surface area contributed by atoms with E-state index in [9.17, 15) is 4.79 Å². The number of H-pyrrole nitrogens is 1. The minimum Gasteiger partial charge on any atom is -0.490 e. The third kappa shape index (κ3) is 2.77. The van der Waals surface area contributed by atoms with Crippen LogP contribution in [-0.2, 0) is 4.79 Å². The molecule has 132 valence electrons. The van der Waals surface area contributed by atoms with E-state index in [0.717, 1.165) is 33.9 Å². The van der Waals surface area contributed by atoms with E-state index < -0.39 is 0 Å². The highest BCUT2D eigenvalue weighted by atomic mass is 16.5. The molecule has 3 heterocycles. The van der Waals surface area contributed by atoms with Crippen LogP contribution in [0, 0.1) is 6.92 Å². The van der Waals surface area contributed by atoms with Crippen LogP contribution >= 0.6 is 0 Å². The van der Waals surface area contributed by atoms with Crippen LogP contribution in [0.2, 0.25) is 0 Å². The average Bonchev–Trinajstić information content (AvgIpc) is 3.02. The number of nitrogens with two attached hydrogens (primary N) is 1. The van der Waals surface area contributed by atoms with Gasteiger partial charge in [0.25, 0.3) is 0 Å². The summed E-state index contributed by atoms with van der Waals surface area (Å²) in [6.07, 6.45) is 1.75. The fraction of sp³-hybridized carbons (Fsp3) is 0.211. The molecule has 4 rings (SSSR count). The standard InChI is InChI=1S/C19H19N5O2/c1-11-9-14(5-6-21-11)18-17(22-19(20)23-18)13-3-4-16-15(10-13)24(12(2)25)7-8-26-16/h3-6,9-10H,7-8H2,1-2H3,(H3,20,22,23). The van der Waals surface area contributed by atoms with Gasteiger partial charge in [-0.25, -0.2) is 4.98 Å². The monoisotopic (exact) mass is 349 g/mol. The number of carbonyl (C=O) groups excluding carboxylic acids is 1. The maximum absolute atomic E-state index is 12.0. The summed E-state index contributed by atoms with van der Waals surface area (Å²) in [4.78, 5) is 25.5. The van der Waals surface area contributed by atoms with Gasteiger partial charge in [0.1, 0.15) is 12.4 Å². The molecular formula is C19H19N5O2. The zero-order chi connectivity index (χ0) is 18.3. The molecule has 0 fully saturated rings. The molecule has 1 amide bonds. The van der Waals surface area contributed by atoms with E-state index in [2.05, 4.69) is 15.0 Å². The van der Waals surface area contributed by atoms with Crippen LogP contribution < -0.4 is 15.4 Å². The number of nitrogens with one attached hydrogen (secondary N) is 1. The number of benzene rings is 1. The first-order chi connectivity index (χ1) is 12.5. The van der Waals surface area contributed by atoms with Gasteiger partial charge in [-0.15, -0.1) is 0 Å². The van der Waals surface area contributed by atoms with Crippen molar-refractivity contribution in [3.63, 3.8) is 0 Å². The second-order valence-electron chi connectivity index (χ2n) is 6.23. The van der Waals surface area contributed by atoms with Gasteiger partial charge in [-0.1, -0.05) is 0 Å². The minimum atomic E-state index is -0.0155. The number of anilines is 2. The smallest absolute Gasteiger partial charge is 0.224 e. The summed E-state index contributed by atoms with van der Waals surface area (Å²) in [6.45, 7) is 4.51. The van der Waals surface area contributed by atoms with Crippen molar-refractivity contribution in [1.82, 2.24) is 15.0 Å². The van der Waals surface area contributed by atoms with Gasteiger partial charge in [0.2, 0.25) is 5.91 Å². The number of carbonyl (C=O) groups is 1. The number of nitrogen functional groups attached to an aromatic ring is 1. The average molecular weight is 349 g/mol. The molecule has 1 aromatic carbocycles. The molecular weight excluding hydrogens is 330 g/mol. The van der Waals surface area contributed by atoms with Crippen LogP contribution in [-0.4, -0.2) is 34.0 Å². The van der Waals surface area contributed by atoms with Crippen molar-refractivity contribution in [1.29, 1.82) is 0 Å². The Bertz CT molecular complexity index is 995. The summed E-state index contributed by atoms with van der Waals surface area (Å²) in [5.74, 6) is 1.01. The Morgan fingerprint density at radius 2 is 2.12 bits per heavy atom. The third-order valence-electron chi connectivity index (χ3n) is 4.38. The fourth-order valence-corrected chi connectivity index (χ4v) is 3.20. The van der Waals surface area contributed by atoms with Gasteiger partial charge in [0, 0.05) is 29.9 Å². The molecule has 1 aliphatic heterocycles.